The van der Waals surface area contributed by atoms with Gasteiger partial charge >= 0.3 is 5.97 Å². The number of carboxylic acid groups (broad SMARTS) is 1. The molecule has 2 fully saturated rings. The molecule has 0 saturated carbocycles. The van der Waals surface area contributed by atoms with Crippen LogP contribution in [0.3, 0.4) is 0 Å². The Balaban J connectivity index is 1.11. The van der Waals surface area contributed by atoms with Crippen molar-refractivity contribution >= 4 is 22.9 Å². The third kappa shape index (κ3) is 5.89. The molecule has 0 aliphatic carbocycles. The molecule has 212 valence electrons. The molecule has 10 heteroatoms. The number of carbonyl (C=O) groups excluding carboxylic acids is 1. The first-order valence-corrected chi connectivity index (χ1v) is 13.7. The number of rotatable bonds is 9. The van der Waals surface area contributed by atoms with Crippen molar-refractivity contribution in [3.8, 4) is 17.2 Å². The first kappa shape index (κ1) is 26.8. The lowest BCUT2D eigenvalue weighted by Gasteiger charge is -2.35. The molecule has 1 N–H and O–H groups in total. The van der Waals surface area contributed by atoms with E-state index < -0.39 is 5.97 Å². The van der Waals surface area contributed by atoms with Gasteiger partial charge in [0.1, 0.15) is 23.1 Å². The van der Waals surface area contributed by atoms with Gasteiger partial charge in [0, 0.05) is 38.3 Å². The summed E-state index contributed by atoms with van der Waals surface area (Å²) in [5.41, 5.74) is 2.40. The zero-order valence-electron chi connectivity index (χ0n) is 22.9. The van der Waals surface area contributed by atoms with Crippen molar-refractivity contribution in [1.29, 1.82) is 0 Å². The Morgan fingerprint density at radius 1 is 0.951 bits per heavy atom. The number of hydrogen-bond acceptors (Lipinski definition) is 7. The Morgan fingerprint density at radius 2 is 1.71 bits per heavy atom. The highest BCUT2D eigenvalue weighted by Gasteiger charge is 2.26. The van der Waals surface area contributed by atoms with E-state index in [0.717, 1.165) is 35.6 Å². The molecular weight excluding hydrogens is 524 g/mol. The van der Waals surface area contributed by atoms with Gasteiger partial charge in [-0.25, -0.2) is 9.78 Å². The van der Waals surface area contributed by atoms with Crippen LogP contribution in [0.25, 0.3) is 11.0 Å². The van der Waals surface area contributed by atoms with Crippen LogP contribution >= 0.6 is 0 Å². The number of aromatic carboxylic acids is 1. The Bertz CT molecular complexity index is 1550. The number of ether oxygens (including phenoxy) is 3. The summed E-state index contributed by atoms with van der Waals surface area (Å²) in [5, 5.41) is 9.49. The number of imidazole rings is 1. The molecule has 10 nitrogen and oxygen atoms in total. The Labute approximate surface area is 237 Å². The van der Waals surface area contributed by atoms with Gasteiger partial charge in [0.05, 0.1) is 42.9 Å². The maximum Gasteiger partial charge on any atom is 0.335 e. The maximum atomic E-state index is 13.3. The summed E-state index contributed by atoms with van der Waals surface area (Å²) < 4.78 is 18.9. The van der Waals surface area contributed by atoms with Gasteiger partial charge in [-0.1, -0.05) is 6.07 Å². The van der Waals surface area contributed by atoms with Gasteiger partial charge in [-0.15, -0.1) is 0 Å². The normalized spacial score (nSPS) is 17.3. The second kappa shape index (κ2) is 11.6. The minimum absolute atomic E-state index is 0.0274. The largest absolute Gasteiger partial charge is 0.497 e. The second-order valence-electron chi connectivity index (χ2n) is 10.3. The molecule has 0 spiro atoms. The molecule has 1 amide bonds. The zero-order valence-corrected chi connectivity index (χ0v) is 22.9. The fourth-order valence-electron chi connectivity index (χ4n) is 5.23. The zero-order chi connectivity index (χ0) is 28.3. The van der Waals surface area contributed by atoms with Gasteiger partial charge in [0.15, 0.2) is 0 Å². The molecule has 2 aliphatic heterocycles. The van der Waals surface area contributed by atoms with E-state index in [1.807, 2.05) is 47.4 Å². The lowest BCUT2D eigenvalue weighted by Crippen LogP contribution is -2.48. The predicted octanol–water partition coefficient (Wildman–Crippen LogP) is 4.28. The topological polar surface area (TPSA) is 106 Å². The van der Waals surface area contributed by atoms with E-state index in [1.54, 1.807) is 31.4 Å². The van der Waals surface area contributed by atoms with Gasteiger partial charge < -0.3 is 28.8 Å². The predicted molar refractivity (Wildman–Crippen MR) is 152 cm³/mol. The van der Waals surface area contributed by atoms with Crippen LogP contribution in [-0.4, -0.2) is 82.3 Å². The molecule has 0 unspecified atom stereocenters. The van der Waals surface area contributed by atoms with E-state index in [4.69, 9.17) is 19.2 Å². The Morgan fingerprint density at radius 3 is 2.39 bits per heavy atom. The summed E-state index contributed by atoms with van der Waals surface area (Å²) in [5.74, 6) is 1.90. The first-order chi connectivity index (χ1) is 20.0. The number of amides is 1. The van der Waals surface area contributed by atoms with Crippen LogP contribution in [0, 0.1) is 0 Å². The Hall–Kier alpha value is -4.41. The highest BCUT2D eigenvalue weighted by atomic mass is 16.5. The summed E-state index contributed by atoms with van der Waals surface area (Å²) in [7, 11) is 1.62. The van der Waals surface area contributed by atoms with E-state index in [-0.39, 0.29) is 17.6 Å². The molecule has 0 radical (unpaired) electrons. The summed E-state index contributed by atoms with van der Waals surface area (Å²) >= 11 is 0. The smallest absolute Gasteiger partial charge is 0.335 e. The van der Waals surface area contributed by atoms with Gasteiger partial charge in [-0.2, -0.15) is 0 Å². The van der Waals surface area contributed by atoms with E-state index in [0.29, 0.717) is 56.3 Å². The molecule has 1 atom stereocenters. The molecule has 41 heavy (non-hydrogen) atoms. The molecule has 3 aromatic carbocycles. The Kier molecular flexibility index (Phi) is 7.58. The SMILES string of the molecule is COc1ccc(Oc2cccc(C(=O)N3CCN(Cc4nc5ccc(C(=O)O)cc5n4C[C@@H]4CCO4)CC3)c2)cc1. The van der Waals surface area contributed by atoms with Crippen LogP contribution < -0.4 is 9.47 Å². The lowest BCUT2D eigenvalue weighted by molar-refractivity contribution is -0.0592. The maximum absolute atomic E-state index is 13.3. The summed E-state index contributed by atoms with van der Waals surface area (Å²) in [6.07, 6.45) is 1.09. The summed E-state index contributed by atoms with van der Waals surface area (Å²) in [6.45, 7) is 4.60. The number of fused-ring (bicyclic) bond motifs is 1. The number of benzene rings is 3. The molecule has 3 heterocycles. The van der Waals surface area contributed by atoms with Gasteiger partial charge in [0.2, 0.25) is 0 Å². The minimum Gasteiger partial charge on any atom is -0.497 e. The van der Waals surface area contributed by atoms with Gasteiger partial charge in [0.25, 0.3) is 5.91 Å². The number of nitrogens with zero attached hydrogens (tertiary/aromatic N) is 4. The standard InChI is InChI=1S/C31H32N4O6/c1-39-23-6-8-24(9-7-23)41-25-4-2-3-21(17-25)30(36)34-14-12-33(13-15-34)20-29-32-27-10-5-22(31(37)38)18-28(27)35(29)19-26-11-16-40-26/h2-10,17-18,26H,11-16,19-20H2,1H3,(H,37,38)/t26-/m0/s1. The van der Waals surface area contributed by atoms with Crippen LogP contribution in [0.2, 0.25) is 0 Å². The van der Waals surface area contributed by atoms with Crippen molar-refractivity contribution in [1.82, 2.24) is 19.4 Å². The number of methoxy groups -OCH3 is 1. The molecule has 6 rings (SSSR count). The van der Waals surface area contributed by atoms with Crippen LogP contribution in [-0.2, 0) is 17.8 Å². The summed E-state index contributed by atoms with van der Waals surface area (Å²) in [6, 6.07) is 19.6. The van der Waals surface area contributed by atoms with Crippen LogP contribution in [0.4, 0.5) is 0 Å². The highest BCUT2D eigenvalue weighted by molar-refractivity contribution is 5.95. The van der Waals surface area contributed by atoms with Gasteiger partial charge in [-0.05, 0) is 67.1 Å². The van der Waals surface area contributed by atoms with Crippen LogP contribution in [0.1, 0.15) is 33.0 Å². The molecule has 2 aliphatic rings. The fourth-order valence-corrected chi connectivity index (χ4v) is 5.23. The average molecular weight is 557 g/mol. The molecular formula is C31H32N4O6. The first-order valence-electron chi connectivity index (χ1n) is 13.7. The summed E-state index contributed by atoms with van der Waals surface area (Å²) in [4.78, 5) is 33.9. The molecule has 1 aromatic heterocycles. The monoisotopic (exact) mass is 556 g/mol. The highest BCUT2D eigenvalue weighted by Crippen LogP contribution is 2.26. The lowest BCUT2D eigenvalue weighted by atomic mass is 10.1. The quantitative estimate of drug-likeness (QED) is 0.326. The van der Waals surface area contributed by atoms with Crippen molar-refractivity contribution < 1.29 is 28.9 Å². The number of carboxylic acids is 1. The van der Waals surface area contributed by atoms with Crippen molar-refractivity contribution in [3.63, 3.8) is 0 Å². The third-order valence-electron chi connectivity index (χ3n) is 7.65. The number of hydrogen-bond donors (Lipinski definition) is 1. The van der Waals surface area contributed by atoms with Crippen molar-refractivity contribution in [2.24, 2.45) is 0 Å². The molecule has 4 aromatic rings. The van der Waals surface area contributed by atoms with Gasteiger partial charge in [-0.3, -0.25) is 9.69 Å². The average Bonchev–Trinajstić information content (AvgIpc) is 3.31. The molecule has 2 saturated heterocycles. The van der Waals surface area contributed by atoms with Crippen molar-refractivity contribution in [2.75, 3.05) is 39.9 Å². The number of aromatic nitrogens is 2. The molecule has 0 bridgehead atoms. The van der Waals surface area contributed by atoms with Crippen molar-refractivity contribution in [3.05, 3.63) is 83.7 Å². The number of carbonyl (C=O) groups is 2. The number of piperazine rings is 1. The third-order valence-corrected chi connectivity index (χ3v) is 7.65. The van der Waals surface area contributed by atoms with E-state index in [9.17, 15) is 14.7 Å². The van der Waals surface area contributed by atoms with Crippen molar-refractivity contribution in [2.45, 2.75) is 25.6 Å². The van der Waals surface area contributed by atoms with Crippen LogP contribution in [0.15, 0.2) is 66.7 Å². The fraction of sp³-hybridized carbons (Fsp3) is 0.323. The minimum atomic E-state index is -0.959. The van der Waals surface area contributed by atoms with Crippen LogP contribution in [0.5, 0.6) is 17.2 Å². The second-order valence-corrected chi connectivity index (χ2v) is 10.3. The van der Waals surface area contributed by atoms with E-state index in [1.165, 1.54) is 0 Å². The van der Waals surface area contributed by atoms with E-state index >= 15 is 0 Å². The van der Waals surface area contributed by atoms with E-state index in [2.05, 4.69) is 9.47 Å².